The number of hydrazine groups is 1. The normalized spacial score (nSPS) is 15.3. The van der Waals surface area contributed by atoms with Crippen LogP contribution in [-0.4, -0.2) is 0 Å². The number of hydrogen-bond donors (Lipinski definition) is 1. The fourth-order valence-electron chi connectivity index (χ4n) is 5.65. The van der Waals surface area contributed by atoms with Crippen molar-refractivity contribution in [3.8, 4) is 11.8 Å². The van der Waals surface area contributed by atoms with Gasteiger partial charge in [0.05, 0.1) is 17.4 Å². The molecule has 2 heteroatoms. The number of rotatable bonds is 5. The van der Waals surface area contributed by atoms with Crippen molar-refractivity contribution in [2.45, 2.75) is 52.5 Å². The summed E-state index contributed by atoms with van der Waals surface area (Å²) in [6.07, 6.45) is 3.46. The monoisotopic (exact) mass is 510 g/mol. The molecule has 0 radical (unpaired) electrons. The maximum atomic E-state index is 3.68. The van der Waals surface area contributed by atoms with E-state index in [2.05, 4.69) is 142 Å². The Morgan fingerprint density at radius 2 is 1.23 bits per heavy atom. The largest absolute Gasteiger partial charge is 0.297 e. The Labute approximate surface area is 234 Å². The number of nitrogens with zero attached hydrogens (tertiary/aromatic N) is 1. The lowest BCUT2D eigenvalue weighted by Crippen LogP contribution is -2.34. The van der Waals surface area contributed by atoms with E-state index in [0.29, 0.717) is 0 Å². The maximum Gasteiger partial charge on any atom is 0.0958 e. The molecule has 2 nitrogen and oxygen atoms in total. The van der Waals surface area contributed by atoms with E-state index in [-0.39, 0.29) is 16.9 Å². The fourth-order valence-corrected chi connectivity index (χ4v) is 5.65. The summed E-state index contributed by atoms with van der Waals surface area (Å²) in [7, 11) is 0. The summed E-state index contributed by atoms with van der Waals surface area (Å²) in [5, 5.41) is 2.26. The first-order valence-electron chi connectivity index (χ1n) is 13.8. The van der Waals surface area contributed by atoms with Gasteiger partial charge in [-0.1, -0.05) is 119 Å². The Morgan fingerprint density at radius 3 is 1.82 bits per heavy atom. The molecule has 0 amide bonds. The van der Waals surface area contributed by atoms with E-state index in [1.807, 2.05) is 30.3 Å². The summed E-state index contributed by atoms with van der Waals surface area (Å²) in [5.74, 6) is 6.52. The molecule has 1 aliphatic rings. The number of anilines is 1. The van der Waals surface area contributed by atoms with Crippen molar-refractivity contribution in [3.63, 3.8) is 0 Å². The summed E-state index contributed by atoms with van der Waals surface area (Å²) >= 11 is 0. The van der Waals surface area contributed by atoms with Crippen molar-refractivity contribution in [2.24, 2.45) is 5.41 Å². The lowest BCUT2D eigenvalue weighted by molar-refractivity contribution is 0.284. The molecule has 1 unspecified atom stereocenters. The van der Waals surface area contributed by atoms with Gasteiger partial charge in [0.15, 0.2) is 0 Å². The molecule has 1 heterocycles. The Hall–Kier alpha value is -4.22. The third-order valence-corrected chi connectivity index (χ3v) is 7.20. The maximum absolute atomic E-state index is 3.68. The minimum atomic E-state index is 0.0831. The summed E-state index contributed by atoms with van der Waals surface area (Å²) in [6.45, 7) is 11.7. The molecular formula is C37H38N2. The van der Waals surface area contributed by atoms with Crippen LogP contribution >= 0.6 is 0 Å². The Morgan fingerprint density at radius 1 is 0.667 bits per heavy atom. The number of para-hydroxylation sites is 1. The van der Waals surface area contributed by atoms with E-state index in [4.69, 9.17) is 0 Å². The molecule has 1 atom stereocenters. The summed E-state index contributed by atoms with van der Waals surface area (Å²) < 4.78 is 0. The molecule has 39 heavy (non-hydrogen) atoms. The first-order chi connectivity index (χ1) is 18.7. The van der Waals surface area contributed by atoms with Gasteiger partial charge in [0.25, 0.3) is 0 Å². The van der Waals surface area contributed by atoms with Gasteiger partial charge in [-0.15, -0.1) is 0 Å². The first kappa shape index (κ1) is 26.4. The van der Waals surface area contributed by atoms with Crippen molar-refractivity contribution in [2.75, 3.05) is 5.01 Å². The van der Waals surface area contributed by atoms with Gasteiger partial charge in [0.1, 0.15) is 0 Å². The molecule has 0 fully saturated rings. The van der Waals surface area contributed by atoms with Gasteiger partial charge < -0.3 is 0 Å². The van der Waals surface area contributed by atoms with Crippen LogP contribution in [0, 0.1) is 17.3 Å². The Kier molecular flexibility index (Phi) is 7.36. The first-order valence-corrected chi connectivity index (χ1v) is 13.8. The van der Waals surface area contributed by atoms with Crippen LogP contribution in [0.3, 0.4) is 0 Å². The number of hydrogen-bond acceptors (Lipinski definition) is 2. The molecule has 0 spiro atoms. The van der Waals surface area contributed by atoms with Gasteiger partial charge in [-0.3, -0.25) is 10.4 Å². The molecule has 196 valence electrons. The highest BCUT2D eigenvalue weighted by molar-refractivity contribution is 5.72. The van der Waals surface area contributed by atoms with Crippen molar-refractivity contribution in [3.05, 3.63) is 143 Å². The second kappa shape index (κ2) is 10.9. The van der Waals surface area contributed by atoms with Crippen LogP contribution < -0.4 is 10.4 Å². The van der Waals surface area contributed by atoms with Crippen LogP contribution in [0.25, 0.3) is 5.70 Å². The highest BCUT2D eigenvalue weighted by atomic mass is 15.5. The highest BCUT2D eigenvalue weighted by Gasteiger charge is 2.30. The van der Waals surface area contributed by atoms with Crippen molar-refractivity contribution in [1.29, 1.82) is 0 Å². The lowest BCUT2D eigenvalue weighted by Gasteiger charge is -2.33. The van der Waals surface area contributed by atoms with E-state index >= 15 is 0 Å². The smallest absolute Gasteiger partial charge is 0.0958 e. The average Bonchev–Trinajstić information content (AvgIpc) is 3.38. The molecule has 0 saturated heterocycles. The van der Waals surface area contributed by atoms with Crippen LogP contribution in [0.15, 0.2) is 115 Å². The topological polar surface area (TPSA) is 15.3 Å². The van der Waals surface area contributed by atoms with Gasteiger partial charge >= 0.3 is 0 Å². The zero-order valence-corrected chi connectivity index (χ0v) is 23.7. The number of nitrogens with one attached hydrogen (secondary N) is 1. The molecule has 4 aromatic carbocycles. The van der Waals surface area contributed by atoms with Gasteiger partial charge in [-0.2, -0.15) is 0 Å². The molecule has 1 N–H and O–H groups in total. The minimum absolute atomic E-state index is 0.0831. The van der Waals surface area contributed by atoms with E-state index in [1.54, 1.807) is 0 Å². The Bertz CT molecular complexity index is 1480. The van der Waals surface area contributed by atoms with E-state index in [9.17, 15) is 0 Å². The summed E-state index contributed by atoms with van der Waals surface area (Å²) in [6, 6.07) is 38.4. The quantitative estimate of drug-likeness (QED) is 0.270. The van der Waals surface area contributed by atoms with Gasteiger partial charge in [-0.25, -0.2) is 0 Å². The van der Waals surface area contributed by atoms with Crippen LogP contribution in [0.5, 0.6) is 0 Å². The van der Waals surface area contributed by atoms with Crippen LogP contribution in [-0.2, 0) is 5.41 Å². The third kappa shape index (κ3) is 6.44. The van der Waals surface area contributed by atoms with E-state index in [1.165, 1.54) is 11.1 Å². The van der Waals surface area contributed by atoms with Crippen LogP contribution in [0.4, 0.5) is 5.69 Å². The zero-order chi connectivity index (χ0) is 27.5. The second-order valence-electron chi connectivity index (χ2n) is 12.3. The average molecular weight is 511 g/mol. The molecule has 4 aromatic rings. The van der Waals surface area contributed by atoms with Crippen LogP contribution in [0.1, 0.15) is 74.9 Å². The molecule has 0 saturated carbocycles. The van der Waals surface area contributed by atoms with Crippen molar-refractivity contribution in [1.82, 2.24) is 5.43 Å². The molecule has 5 rings (SSSR count). The minimum Gasteiger partial charge on any atom is -0.297 e. The standard InChI is InChI=1S/C37H38N2/c1-36(2,3)27-37(4,5)32-24-22-31(23-25-32)35-26-34(38-39(35)33-14-10-7-11-15-33)30-20-18-29(19-21-30)17-16-28-12-8-6-9-13-28/h6-15,18-26,35,38H,27H2,1-5H3. The van der Waals surface area contributed by atoms with Crippen molar-refractivity contribution < 1.29 is 0 Å². The molecule has 1 aliphatic heterocycles. The highest BCUT2D eigenvalue weighted by Crippen LogP contribution is 2.39. The summed E-state index contributed by atoms with van der Waals surface area (Å²) in [4.78, 5) is 0. The van der Waals surface area contributed by atoms with E-state index in [0.717, 1.165) is 34.5 Å². The molecule has 0 aromatic heterocycles. The molecular weight excluding hydrogens is 472 g/mol. The number of benzene rings is 4. The fraction of sp³-hybridized carbons (Fsp3) is 0.243. The summed E-state index contributed by atoms with van der Waals surface area (Å²) in [5.41, 5.74) is 12.1. The lowest BCUT2D eigenvalue weighted by atomic mass is 9.72. The van der Waals surface area contributed by atoms with Gasteiger partial charge in [0, 0.05) is 11.1 Å². The zero-order valence-electron chi connectivity index (χ0n) is 23.7. The van der Waals surface area contributed by atoms with Crippen LogP contribution in [0.2, 0.25) is 0 Å². The van der Waals surface area contributed by atoms with Crippen molar-refractivity contribution >= 4 is 11.4 Å². The second-order valence-corrected chi connectivity index (χ2v) is 12.3. The van der Waals surface area contributed by atoms with E-state index < -0.39 is 0 Å². The Balaban J connectivity index is 1.42. The predicted molar refractivity (Wildman–Crippen MR) is 165 cm³/mol. The van der Waals surface area contributed by atoms with Gasteiger partial charge in [-0.05, 0) is 76.4 Å². The molecule has 0 aliphatic carbocycles. The third-order valence-electron chi connectivity index (χ3n) is 7.20. The molecule has 0 bridgehead atoms. The SMILES string of the molecule is CC(C)(C)CC(C)(C)c1ccc(C2C=C(c3ccc(C#Cc4ccccc4)cc3)NN2c2ccccc2)cc1. The predicted octanol–water partition coefficient (Wildman–Crippen LogP) is 8.91. The van der Waals surface area contributed by atoms with Gasteiger partial charge in [0.2, 0.25) is 0 Å².